The number of hydrogen-bond donors (Lipinski definition) is 2. The lowest BCUT2D eigenvalue weighted by molar-refractivity contribution is 1.24. The van der Waals surface area contributed by atoms with Gasteiger partial charge >= 0.3 is 0 Å². The van der Waals surface area contributed by atoms with Crippen LogP contribution in [0, 0.1) is 6.92 Å². The van der Waals surface area contributed by atoms with E-state index < -0.39 is 0 Å². The van der Waals surface area contributed by atoms with Crippen LogP contribution >= 0.6 is 0 Å². The fourth-order valence-corrected chi connectivity index (χ4v) is 1.24. The molecular weight excluding hydrogens is 138 g/mol. The second kappa shape index (κ2) is 1.99. The van der Waals surface area contributed by atoms with E-state index >= 15 is 0 Å². The van der Waals surface area contributed by atoms with Gasteiger partial charge in [0.15, 0.2) is 0 Å². The van der Waals surface area contributed by atoms with E-state index in [1.807, 2.05) is 13.1 Å². The van der Waals surface area contributed by atoms with Crippen LogP contribution in [0.25, 0.3) is 5.70 Å². The van der Waals surface area contributed by atoms with Crippen molar-refractivity contribution < 1.29 is 0 Å². The van der Waals surface area contributed by atoms with Gasteiger partial charge in [0, 0.05) is 17.5 Å². The first-order valence-electron chi connectivity index (χ1n) is 3.45. The molecule has 0 atom stereocenters. The minimum atomic E-state index is 0.895. The molecule has 2 rings (SSSR count). The molecule has 0 aromatic carbocycles. The summed E-state index contributed by atoms with van der Waals surface area (Å²) in [6.45, 7) is 5.90. The van der Waals surface area contributed by atoms with Gasteiger partial charge in [0.25, 0.3) is 0 Å². The van der Waals surface area contributed by atoms with Crippen LogP contribution in [-0.2, 0) is 0 Å². The zero-order valence-corrected chi connectivity index (χ0v) is 6.31. The van der Waals surface area contributed by atoms with Crippen molar-refractivity contribution in [1.29, 1.82) is 0 Å². The third-order valence-electron chi connectivity index (χ3n) is 1.79. The van der Waals surface area contributed by atoms with Gasteiger partial charge in [0.05, 0.1) is 6.34 Å². The highest BCUT2D eigenvalue weighted by molar-refractivity contribution is 5.86. The summed E-state index contributed by atoms with van der Waals surface area (Å²) in [7, 11) is 0. The van der Waals surface area contributed by atoms with Gasteiger partial charge < -0.3 is 10.3 Å². The highest BCUT2D eigenvalue weighted by Crippen LogP contribution is 2.27. The topological polar surface area (TPSA) is 40.2 Å². The van der Waals surface area contributed by atoms with E-state index in [0.717, 1.165) is 17.1 Å². The Balaban J connectivity index is 2.67. The van der Waals surface area contributed by atoms with E-state index in [9.17, 15) is 0 Å². The van der Waals surface area contributed by atoms with Crippen LogP contribution in [-0.4, -0.2) is 11.3 Å². The minimum Gasteiger partial charge on any atom is -0.346 e. The summed E-state index contributed by atoms with van der Waals surface area (Å²) < 4.78 is 0. The standard InChI is InChI=1S/C8H9N3/c1-5-3-9-8-7(5)6(2)10-4-11-8/h3-4,9H,2H2,1H3,(H,10,11). The number of nitrogens with zero attached hydrogens (tertiary/aromatic N) is 1. The van der Waals surface area contributed by atoms with E-state index in [0.29, 0.717) is 0 Å². The molecule has 11 heavy (non-hydrogen) atoms. The molecule has 0 amide bonds. The summed E-state index contributed by atoms with van der Waals surface area (Å²) in [5.74, 6) is 0.895. The van der Waals surface area contributed by atoms with Crippen LogP contribution in [0.1, 0.15) is 11.1 Å². The molecule has 1 aromatic heterocycles. The number of aromatic nitrogens is 1. The first-order chi connectivity index (χ1) is 5.29. The monoisotopic (exact) mass is 147 g/mol. The summed E-state index contributed by atoms with van der Waals surface area (Å²) in [6, 6.07) is 0. The van der Waals surface area contributed by atoms with Crippen molar-refractivity contribution in [3.05, 3.63) is 23.9 Å². The second-order valence-corrected chi connectivity index (χ2v) is 2.58. The summed E-state index contributed by atoms with van der Waals surface area (Å²) in [4.78, 5) is 7.17. The predicted octanol–water partition coefficient (Wildman–Crippen LogP) is 1.56. The van der Waals surface area contributed by atoms with Crippen molar-refractivity contribution in [2.45, 2.75) is 6.92 Å². The molecule has 0 saturated carbocycles. The minimum absolute atomic E-state index is 0.895. The van der Waals surface area contributed by atoms with Gasteiger partial charge in [-0.05, 0) is 12.5 Å². The average molecular weight is 147 g/mol. The van der Waals surface area contributed by atoms with Crippen LogP contribution in [0.4, 0.5) is 5.82 Å². The van der Waals surface area contributed by atoms with Crippen LogP contribution in [0.5, 0.6) is 0 Å². The highest BCUT2D eigenvalue weighted by atomic mass is 15.0. The fourth-order valence-electron chi connectivity index (χ4n) is 1.24. The third-order valence-corrected chi connectivity index (χ3v) is 1.79. The number of aliphatic imine (C=N–C) groups is 1. The Labute approximate surface area is 64.9 Å². The lowest BCUT2D eigenvalue weighted by Gasteiger charge is -2.09. The zero-order chi connectivity index (χ0) is 7.84. The van der Waals surface area contributed by atoms with Crippen molar-refractivity contribution in [3.63, 3.8) is 0 Å². The van der Waals surface area contributed by atoms with E-state index in [2.05, 4.69) is 21.9 Å². The molecule has 56 valence electrons. The van der Waals surface area contributed by atoms with E-state index in [-0.39, 0.29) is 0 Å². The number of H-pyrrole nitrogens is 1. The lowest BCUT2D eigenvalue weighted by atomic mass is 10.1. The Morgan fingerprint density at radius 2 is 2.36 bits per heavy atom. The van der Waals surface area contributed by atoms with Gasteiger partial charge in [-0.3, -0.25) is 0 Å². The fraction of sp³-hybridized carbons (Fsp3) is 0.125. The van der Waals surface area contributed by atoms with Crippen LogP contribution in [0.15, 0.2) is 17.8 Å². The molecule has 1 aromatic rings. The lowest BCUT2D eigenvalue weighted by Crippen LogP contribution is -2.11. The van der Waals surface area contributed by atoms with Gasteiger partial charge in [-0.2, -0.15) is 0 Å². The molecular formula is C8H9N3. The molecule has 1 aliphatic rings. The quantitative estimate of drug-likeness (QED) is 0.574. The van der Waals surface area contributed by atoms with Gasteiger partial charge in [0.1, 0.15) is 5.82 Å². The maximum absolute atomic E-state index is 4.11. The van der Waals surface area contributed by atoms with Gasteiger partial charge in [-0.1, -0.05) is 6.58 Å². The number of rotatable bonds is 0. The van der Waals surface area contributed by atoms with Crippen molar-refractivity contribution in [3.8, 4) is 0 Å². The summed E-state index contributed by atoms with van der Waals surface area (Å²) in [5.41, 5.74) is 3.18. The first-order valence-corrected chi connectivity index (χ1v) is 3.45. The van der Waals surface area contributed by atoms with Gasteiger partial charge in [-0.15, -0.1) is 0 Å². The molecule has 0 fully saturated rings. The number of nitrogens with one attached hydrogen (secondary N) is 2. The Hall–Kier alpha value is -1.51. The van der Waals surface area contributed by atoms with Crippen molar-refractivity contribution in [1.82, 2.24) is 10.3 Å². The Morgan fingerprint density at radius 3 is 3.09 bits per heavy atom. The van der Waals surface area contributed by atoms with Crippen molar-refractivity contribution in [2.75, 3.05) is 0 Å². The molecule has 2 heterocycles. The molecule has 0 saturated heterocycles. The molecule has 3 heteroatoms. The maximum Gasteiger partial charge on any atom is 0.141 e. The molecule has 0 aliphatic carbocycles. The molecule has 0 radical (unpaired) electrons. The SMILES string of the molecule is C=C1NC=Nc2[nH]cc(C)c21. The molecule has 2 N–H and O–H groups in total. The molecule has 0 spiro atoms. The Morgan fingerprint density at radius 1 is 1.55 bits per heavy atom. The van der Waals surface area contributed by atoms with Crippen LogP contribution in [0.2, 0.25) is 0 Å². The predicted molar refractivity (Wildman–Crippen MR) is 45.9 cm³/mol. The molecule has 1 aliphatic heterocycles. The van der Waals surface area contributed by atoms with Crippen LogP contribution in [0.3, 0.4) is 0 Å². The molecule has 0 unspecified atom stereocenters. The van der Waals surface area contributed by atoms with Crippen molar-refractivity contribution >= 4 is 17.9 Å². The van der Waals surface area contributed by atoms with E-state index in [1.165, 1.54) is 5.56 Å². The second-order valence-electron chi connectivity index (χ2n) is 2.58. The summed E-state index contributed by atoms with van der Waals surface area (Å²) >= 11 is 0. The summed E-state index contributed by atoms with van der Waals surface area (Å²) in [6.07, 6.45) is 3.57. The van der Waals surface area contributed by atoms with Crippen LogP contribution < -0.4 is 5.32 Å². The maximum atomic E-state index is 4.11. The van der Waals surface area contributed by atoms with Gasteiger partial charge in [-0.25, -0.2) is 4.99 Å². The van der Waals surface area contributed by atoms with Gasteiger partial charge in [0.2, 0.25) is 0 Å². The third kappa shape index (κ3) is 0.774. The normalized spacial score (nSPS) is 14.5. The Kier molecular flexibility index (Phi) is 1.12. The summed E-state index contributed by atoms with van der Waals surface area (Å²) in [5, 5.41) is 2.96. The van der Waals surface area contributed by atoms with E-state index in [4.69, 9.17) is 0 Å². The molecule has 0 bridgehead atoms. The number of hydrogen-bond acceptors (Lipinski definition) is 2. The zero-order valence-electron chi connectivity index (χ0n) is 6.31. The average Bonchev–Trinajstić information content (AvgIpc) is 2.34. The number of fused-ring (bicyclic) bond motifs is 1. The number of aromatic amines is 1. The Bertz CT molecular complexity index is 333. The van der Waals surface area contributed by atoms with Crippen molar-refractivity contribution in [2.24, 2.45) is 4.99 Å². The first kappa shape index (κ1) is 6.22. The van der Waals surface area contributed by atoms with E-state index in [1.54, 1.807) is 6.34 Å². The smallest absolute Gasteiger partial charge is 0.141 e. The molecule has 3 nitrogen and oxygen atoms in total. The highest BCUT2D eigenvalue weighted by Gasteiger charge is 2.12. The largest absolute Gasteiger partial charge is 0.346 e. The number of aryl methyl sites for hydroxylation is 1.